The number of nitrogens with two attached hydrogens (primary N) is 1. The molecule has 0 aromatic carbocycles. The Hall–Kier alpha value is -1.56. The molecule has 3 rings (SSSR count). The highest BCUT2D eigenvalue weighted by molar-refractivity contribution is 7.88. The van der Waals surface area contributed by atoms with E-state index < -0.39 is 5.60 Å². The van der Waals surface area contributed by atoms with Crippen LogP contribution in [0.4, 0.5) is 4.79 Å². The van der Waals surface area contributed by atoms with E-state index in [0.717, 1.165) is 23.7 Å². The largest absolute Gasteiger partial charge is 0.387 e. The second kappa shape index (κ2) is 7.36. The summed E-state index contributed by atoms with van der Waals surface area (Å²) in [6.45, 7) is 4.31. The summed E-state index contributed by atoms with van der Waals surface area (Å²) in [5.74, 6) is -0.354. The van der Waals surface area contributed by atoms with E-state index in [-0.39, 0.29) is 36.8 Å². The van der Waals surface area contributed by atoms with Gasteiger partial charge in [0.15, 0.2) is 17.9 Å². The summed E-state index contributed by atoms with van der Waals surface area (Å²) in [7, 11) is 0. The molecule has 0 bridgehead atoms. The number of urea groups is 1. The van der Waals surface area contributed by atoms with Gasteiger partial charge in [0, 0.05) is 32.5 Å². The number of hydrogen-bond donors (Lipinski definition) is 2. The Morgan fingerprint density at radius 2 is 2.36 bits per heavy atom. The van der Waals surface area contributed by atoms with Crippen molar-refractivity contribution in [1.29, 1.82) is 0 Å². The van der Waals surface area contributed by atoms with Gasteiger partial charge in [0.05, 0.1) is 24.8 Å². The molecule has 2 atom stereocenters. The third-order valence-corrected chi connectivity index (χ3v) is 5.17. The van der Waals surface area contributed by atoms with E-state index in [9.17, 15) is 9.59 Å². The van der Waals surface area contributed by atoms with Crippen molar-refractivity contribution in [2.75, 3.05) is 32.7 Å². The fourth-order valence-electron chi connectivity index (χ4n) is 3.81. The summed E-state index contributed by atoms with van der Waals surface area (Å²) >= 11 is 0.158. The number of carbonyl (C=O) groups is 2. The highest BCUT2D eigenvalue weighted by Gasteiger charge is 2.48. The number of oxime groups is 1. The van der Waals surface area contributed by atoms with Gasteiger partial charge in [0.2, 0.25) is 5.91 Å². The van der Waals surface area contributed by atoms with Crippen molar-refractivity contribution in [3.8, 4) is 0 Å². The summed E-state index contributed by atoms with van der Waals surface area (Å²) in [6.07, 6.45) is 2.05. The van der Waals surface area contributed by atoms with Crippen LogP contribution in [-0.2, 0) is 13.9 Å². The maximum atomic E-state index is 12.4. The first-order valence-electron chi connectivity index (χ1n) is 8.30. The van der Waals surface area contributed by atoms with Crippen LogP contribution in [0, 0.1) is 0 Å². The Kier molecular flexibility index (Phi) is 5.37. The molecule has 1 unspecified atom stereocenters. The summed E-state index contributed by atoms with van der Waals surface area (Å²) < 4.78 is 13.7. The number of carbonyl (C=O) groups excluding carboxylic acids is 2. The third-order valence-electron chi connectivity index (χ3n) is 4.92. The lowest BCUT2D eigenvalue weighted by Gasteiger charge is -2.39. The predicted molar refractivity (Wildman–Crippen MR) is 90.3 cm³/mol. The Morgan fingerprint density at radius 3 is 3.04 bits per heavy atom. The molecule has 3 heterocycles. The van der Waals surface area contributed by atoms with Crippen LogP contribution in [0.2, 0.25) is 0 Å². The number of amides is 3. The fraction of sp³-hybridized carbons (Fsp3) is 0.786. The van der Waals surface area contributed by atoms with Gasteiger partial charge in [-0.15, -0.1) is 0 Å². The van der Waals surface area contributed by atoms with Crippen LogP contribution in [0.3, 0.4) is 0 Å². The molecule has 2 saturated heterocycles. The van der Waals surface area contributed by atoms with E-state index in [2.05, 4.69) is 5.16 Å². The first kappa shape index (κ1) is 18.2. The molecule has 11 heteroatoms. The molecule has 3 aliphatic rings. The molecular formula is C14H23N5O5S. The van der Waals surface area contributed by atoms with Crippen molar-refractivity contribution in [2.45, 2.75) is 37.8 Å². The van der Waals surface area contributed by atoms with Crippen LogP contribution in [0.1, 0.15) is 26.2 Å². The highest BCUT2D eigenvalue weighted by atomic mass is 32.2. The van der Waals surface area contributed by atoms with Gasteiger partial charge < -0.3 is 20.0 Å². The monoisotopic (exact) mass is 373 g/mol. The van der Waals surface area contributed by atoms with Gasteiger partial charge in [-0.2, -0.15) is 9.35 Å². The maximum absolute atomic E-state index is 12.4. The first-order chi connectivity index (χ1) is 12.0. The van der Waals surface area contributed by atoms with Crippen molar-refractivity contribution in [2.24, 2.45) is 10.9 Å². The van der Waals surface area contributed by atoms with Gasteiger partial charge in [0.1, 0.15) is 0 Å². The van der Waals surface area contributed by atoms with E-state index in [1.54, 1.807) is 4.90 Å². The average molecular weight is 373 g/mol. The molecule has 3 aliphatic heterocycles. The van der Waals surface area contributed by atoms with Crippen molar-refractivity contribution in [3.63, 3.8) is 0 Å². The fourth-order valence-corrected chi connectivity index (χ4v) is 4.03. The van der Waals surface area contributed by atoms with Gasteiger partial charge in [-0.25, -0.2) is 4.79 Å². The van der Waals surface area contributed by atoms with E-state index in [1.807, 2.05) is 11.8 Å². The van der Waals surface area contributed by atoms with E-state index in [4.69, 9.17) is 19.4 Å². The minimum atomic E-state index is -0.429. The quantitative estimate of drug-likeness (QED) is 0.641. The lowest BCUT2D eigenvalue weighted by molar-refractivity contribution is -0.119. The lowest BCUT2D eigenvalue weighted by atomic mass is 9.91. The second-order valence-electron chi connectivity index (χ2n) is 6.58. The second-order valence-corrected chi connectivity index (χ2v) is 6.88. The normalized spacial score (nSPS) is 30.1. The van der Waals surface area contributed by atoms with E-state index in [1.165, 1.54) is 0 Å². The molecule has 25 heavy (non-hydrogen) atoms. The van der Waals surface area contributed by atoms with Gasteiger partial charge in [-0.05, 0) is 13.3 Å². The Balaban J connectivity index is 1.64. The molecular weight excluding hydrogens is 350 g/mol. The average Bonchev–Trinajstić information content (AvgIpc) is 3.16. The molecule has 0 aliphatic carbocycles. The SMILES string of the molecule is CCN1C(=O)N(OSO)CC[C@H]1C1=NOC2(CCN(CC(N)=O)C2)C1. The summed E-state index contributed by atoms with van der Waals surface area (Å²) in [5, 5.41) is 5.42. The molecule has 0 aromatic heterocycles. The number of primary amides is 1. The van der Waals surface area contributed by atoms with Gasteiger partial charge >= 0.3 is 6.03 Å². The molecule has 3 N–H and O–H groups in total. The molecule has 2 fully saturated rings. The number of hydroxylamine groups is 2. The van der Waals surface area contributed by atoms with Crippen molar-refractivity contribution in [3.05, 3.63) is 0 Å². The minimum Gasteiger partial charge on any atom is -0.387 e. The van der Waals surface area contributed by atoms with Crippen molar-refractivity contribution >= 4 is 30.0 Å². The van der Waals surface area contributed by atoms with Gasteiger partial charge in [0.25, 0.3) is 0 Å². The zero-order valence-electron chi connectivity index (χ0n) is 14.1. The Labute approximate surface area is 150 Å². The van der Waals surface area contributed by atoms with Crippen molar-refractivity contribution in [1.82, 2.24) is 14.9 Å². The topological polar surface area (TPSA) is 121 Å². The molecule has 140 valence electrons. The lowest BCUT2D eigenvalue weighted by Crippen LogP contribution is -2.56. The number of nitrogens with zero attached hydrogens (tertiary/aromatic N) is 4. The van der Waals surface area contributed by atoms with E-state index >= 15 is 0 Å². The van der Waals surface area contributed by atoms with Crippen LogP contribution in [-0.4, -0.2) is 81.4 Å². The van der Waals surface area contributed by atoms with Gasteiger partial charge in [-0.3, -0.25) is 9.69 Å². The first-order valence-corrected chi connectivity index (χ1v) is 9.00. The molecule has 3 amide bonds. The summed E-state index contributed by atoms with van der Waals surface area (Å²) in [5.41, 5.74) is 5.67. The smallest absolute Gasteiger partial charge is 0.345 e. The predicted octanol–water partition coefficient (Wildman–Crippen LogP) is 0.262. The van der Waals surface area contributed by atoms with Crippen LogP contribution in [0.5, 0.6) is 0 Å². The van der Waals surface area contributed by atoms with E-state index in [0.29, 0.717) is 32.5 Å². The molecule has 0 aromatic rings. The van der Waals surface area contributed by atoms with Gasteiger partial charge in [-0.1, -0.05) is 5.16 Å². The number of hydrogen-bond acceptors (Lipinski definition) is 8. The molecule has 0 saturated carbocycles. The van der Waals surface area contributed by atoms with Crippen molar-refractivity contribution < 1.29 is 23.3 Å². The maximum Gasteiger partial charge on any atom is 0.345 e. The summed E-state index contributed by atoms with van der Waals surface area (Å²) in [6, 6.07) is -0.448. The number of likely N-dealkylation sites (tertiary alicyclic amines) is 1. The van der Waals surface area contributed by atoms with Crippen LogP contribution in [0.15, 0.2) is 5.16 Å². The van der Waals surface area contributed by atoms with Crippen LogP contribution < -0.4 is 5.73 Å². The third kappa shape index (κ3) is 3.68. The van der Waals surface area contributed by atoms with Crippen LogP contribution in [0.25, 0.3) is 0 Å². The zero-order chi connectivity index (χ0) is 18.0. The summed E-state index contributed by atoms with van der Waals surface area (Å²) in [4.78, 5) is 32.9. The zero-order valence-corrected chi connectivity index (χ0v) is 14.9. The van der Waals surface area contributed by atoms with Crippen LogP contribution >= 0.6 is 12.3 Å². The Morgan fingerprint density at radius 1 is 1.56 bits per heavy atom. The number of rotatable bonds is 6. The molecule has 0 radical (unpaired) electrons. The standard InChI is InChI=1S/C14H23N5O5S/c1-2-18-11(3-5-19(13(18)21)24-25-22)10-7-14(23-16-10)4-6-17(9-14)8-12(15)20/h11,22H,2-9H2,1H3,(H2,15,20)/t11-,14?/m0/s1. The highest BCUT2D eigenvalue weighted by Crippen LogP contribution is 2.36. The molecule has 1 spiro atoms. The minimum absolute atomic E-state index is 0.148. The Bertz CT molecular complexity index is 576. The molecule has 10 nitrogen and oxygen atoms in total.